The van der Waals surface area contributed by atoms with Crippen LogP contribution in [0, 0.1) is 5.82 Å². The van der Waals surface area contributed by atoms with Crippen molar-refractivity contribution in [3.63, 3.8) is 0 Å². The maximum Gasteiger partial charge on any atom is 0.338 e. The molecule has 2 N–H and O–H groups in total. The molecule has 1 aliphatic heterocycles. The van der Waals surface area contributed by atoms with Crippen molar-refractivity contribution < 1.29 is 18.7 Å². The molecule has 5 nitrogen and oxygen atoms in total. The zero-order valence-electron chi connectivity index (χ0n) is 12.3. The van der Waals surface area contributed by atoms with Gasteiger partial charge < -0.3 is 15.2 Å². The fraction of sp³-hybridized carbons (Fsp3) is 0.533. The number of ether oxygens (including phenoxy) is 2. The summed E-state index contributed by atoms with van der Waals surface area (Å²) < 4.78 is 24.1. The standard InChI is InChI=1S/C15H21FN2O3/c1-10(2)18-5-6-20-12(8-18)9-21-15(19)11-3-4-14(17)13(16)7-11/h3-4,7,10,12H,5-6,8-9,17H2,1-2H3. The lowest BCUT2D eigenvalue weighted by Crippen LogP contribution is -2.47. The van der Waals surface area contributed by atoms with Crippen molar-refractivity contribution in [1.29, 1.82) is 0 Å². The van der Waals surface area contributed by atoms with Gasteiger partial charge in [-0.1, -0.05) is 0 Å². The number of nitrogens with two attached hydrogens (primary N) is 1. The van der Waals surface area contributed by atoms with Crippen LogP contribution in [0.4, 0.5) is 10.1 Å². The summed E-state index contributed by atoms with van der Waals surface area (Å²) in [6.45, 7) is 6.62. The predicted octanol–water partition coefficient (Wildman–Crippen LogP) is 1.67. The van der Waals surface area contributed by atoms with Crippen molar-refractivity contribution in [3.8, 4) is 0 Å². The maximum atomic E-state index is 13.3. The lowest BCUT2D eigenvalue weighted by molar-refractivity contribution is -0.0662. The lowest BCUT2D eigenvalue weighted by Gasteiger charge is -2.35. The Morgan fingerprint density at radius 2 is 2.33 bits per heavy atom. The summed E-state index contributed by atoms with van der Waals surface area (Å²) in [7, 11) is 0. The Balaban J connectivity index is 1.87. The zero-order valence-corrected chi connectivity index (χ0v) is 12.3. The second-order valence-electron chi connectivity index (χ2n) is 5.42. The molecule has 1 heterocycles. The Labute approximate surface area is 123 Å². The molecule has 0 radical (unpaired) electrons. The number of carbonyl (C=O) groups is 1. The molecule has 1 aromatic carbocycles. The molecule has 0 aliphatic carbocycles. The Morgan fingerprint density at radius 3 is 3.00 bits per heavy atom. The van der Waals surface area contributed by atoms with E-state index in [4.69, 9.17) is 15.2 Å². The predicted molar refractivity (Wildman–Crippen MR) is 77.5 cm³/mol. The Kier molecular flexibility index (Phi) is 5.14. The van der Waals surface area contributed by atoms with Crippen LogP contribution in [0.2, 0.25) is 0 Å². The number of nitrogens with zero attached hydrogens (tertiary/aromatic N) is 1. The number of esters is 1. The number of hydrogen-bond donors (Lipinski definition) is 1. The molecule has 1 atom stereocenters. The minimum Gasteiger partial charge on any atom is -0.459 e. The molecule has 1 aromatic rings. The summed E-state index contributed by atoms with van der Waals surface area (Å²) in [6.07, 6.45) is -0.149. The fourth-order valence-corrected chi connectivity index (χ4v) is 2.22. The first kappa shape index (κ1) is 15.7. The van der Waals surface area contributed by atoms with E-state index in [2.05, 4.69) is 18.7 Å². The molecule has 6 heteroatoms. The highest BCUT2D eigenvalue weighted by Crippen LogP contribution is 2.14. The van der Waals surface area contributed by atoms with E-state index in [1.165, 1.54) is 12.1 Å². The number of anilines is 1. The Hall–Kier alpha value is -1.66. The smallest absolute Gasteiger partial charge is 0.338 e. The second kappa shape index (κ2) is 6.87. The third-order valence-corrected chi connectivity index (χ3v) is 3.54. The molecular weight excluding hydrogens is 275 g/mol. The van der Waals surface area contributed by atoms with Gasteiger partial charge in [0.1, 0.15) is 18.5 Å². The first-order chi connectivity index (χ1) is 9.97. The molecule has 1 fully saturated rings. The molecule has 0 bridgehead atoms. The molecule has 1 aliphatic rings. The van der Waals surface area contributed by atoms with Gasteiger partial charge in [-0.2, -0.15) is 0 Å². The van der Waals surface area contributed by atoms with Crippen molar-refractivity contribution in [3.05, 3.63) is 29.6 Å². The lowest BCUT2D eigenvalue weighted by atomic mass is 10.2. The normalized spacial score (nSPS) is 19.7. The van der Waals surface area contributed by atoms with Gasteiger partial charge in [0, 0.05) is 19.1 Å². The van der Waals surface area contributed by atoms with Crippen LogP contribution >= 0.6 is 0 Å². The van der Waals surface area contributed by atoms with Gasteiger partial charge in [0.15, 0.2) is 0 Å². The molecule has 0 amide bonds. The first-order valence-electron chi connectivity index (χ1n) is 7.05. The summed E-state index contributed by atoms with van der Waals surface area (Å²) in [5.41, 5.74) is 5.53. The SMILES string of the molecule is CC(C)N1CCOC(COC(=O)c2ccc(N)c(F)c2)C1. The quantitative estimate of drug-likeness (QED) is 0.676. The number of benzene rings is 1. The number of carbonyl (C=O) groups excluding carboxylic acids is 1. The van der Waals surface area contributed by atoms with Crippen molar-refractivity contribution in [1.82, 2.24) is 4.90 Å². The molecule has 0 saturated carbocycles. The van der Waals surface area contributed by atoms with E-state index in [1.54, 1.807) is 0 Å². The summed E-state index contributed by atoms with van der Waals surface area (Å²) >= 11 is 0. The van der Waals surface area contributed by atoms with Crippen molar-refractivity contribution in [2.24, 2.45) is 0 Å². The number of nitrogen functional groups attached to an aromatic ring is 1. The van der Waals surface area contributed by atoms with Crippen molar-refractivity contribution in [2.45, 2.75) is 26.0 Å². The fourth-order valence-electron chi connectivity index (χ4n) is 2.22. The van der Waals surface area contributed by atoms with Gasteiger partial charge in [-0.05, 0) is 32.0 Å². The van der Waals surface area contributed by atoms with E-state index >= 15 is 0 Å². The van der Waals surface area contributed by atoms with E-state index in [0.717, 1.165) is 19.2 Å². The van der Waals surface area contributed by atoms with E-state index in [9.17, 15) is 9.18 Å². The second-order valence-corrected chi connectivity index (χ2v) is 5.42. The van der Waals surface area contributed by atoms with Gasteiger partial charge >= 0.3 is 5.97 Å². The summed E-state index contributed by atoms with van der Waals surface area (Å²) in [5, 5.41) is 0. The first-order valence-corrected chi connectivity index (χ1v) is 7.05. The number of halogens is 1. The van der Waals surface area contributed by atoms with Crippen molar-refractivity contribution in [2.75, 3.05) is 32.0 Å². The van der Waals surface area contributed by atoms with Crippen LogP contribution in [0.3, 0.4) is 0 Å². The summed E-state index contributed by atoms with van der Waals surface area (Å²) in [6, 6.07) is 4.31. The minimum absolute atomic E-state index is 0.00902. The molecule has 0 aromatic heterocycles. The highest BCUT2D eigenvalue weighted by Gasteiger charge is 2.23. The largest absolute Gasteiger partial charge is 0.459 e. The van der Waals surface area contributed by atoms with Crippen LogP contribution < -0.4 is 5.73 Å². The van der Waals surface area contributed by atoms with E-state index < -0.39 is 11.8 Å². The molecule has 1 unspecified atom stereocenters. The van der Waals surface area contributed by atoms with Crippen molar-refractivity contribution >= 4 is 11.7 Å². The van der Waals surface area contributed by atoms with Crippen LogP contribution in [0.25, 0.3) is 0 Å². The third kappa shape index (κ3) is 4.15. The Morgan fingerprint density at radius 1 is 1.57 bits per heavy atom. The molecular formula is C15H21FN2O3. The summed E-state index contributed by atoms with van der Waals surface area (Å²) in [4.78, 5) is 14.1. The zero-order chi connectivity index (χ0) is 15.4. The average molecular weight is 296 g/mol. The molecule has 116 valence electrons. The van der Waals surface area contributed by atoms with Crippen LogP contribution in [0.15, 0.2) is 18.2 Å². The van der Waals surface area contributed by atoms with Gasteiger partial charge in [0.2, 0.25) is 0 Å². The average Bonchev–Trinajstić information content (AvgIpc) is 2.48. The van der Waals surface area contributed by atoms with Gasteiger partial charge in [0.25, 0.3) is 0 Å². The van der Waals surface area contributed by atoms with Crippen LogP contribution in [-0.4, -0.2) is 49.3 Å². The van der Waals surface area contributed by atoms with E-state index in [1.807, 2.05) is 0 Å². The van der Waals surface area contributed by atoms with Gasteiger partial charge in [-0.3, -0.25) is 4.90 Å². The van der Waals surface area contributed by atoms with Gasteiger partial charge in [-0.15, -0.1) is 0 Å². The molecule has 21 heavy (non-hydrogen) atoms. The molecule has 1 saturated heterocycles. The van der Waals surface area contributed by atoms with Crippen LogP contribution in [0.1, 0.15) is 24.2 Å². The number of rotatable bonds is 4. The van der Waals surface area contributed by atoms with E-state index in [-0.39, 0.29) is 24.0 Å². The van der Waals surface area contributed by atoms with Crippen LogP contribution in [-0.2, 0) is 9.47 Å². The van der Waals surface area contributed by atoms with E-state index in [0.29, 0.717) is 12.6 Å². The topological polar surface area (TPSA) is 64.8 Å². The van der Waals surface area contributed by atoms with Gasteiger partial charge in [-0.25, -0.2) is 9.18 Å². The Bertz CT molecular complexity index is 508. The van der Waals surface area contributed by atoms with Crippen LogP contribution in [0.5, 0.6) is 0 Å². The van der Waals surface area contributed by atoms with Gasteiger partial charge in [0.05, 0.1) is 17.9 Å². The molecule has 2 rings (SSSR count). The summed E-state index contributed by atoms with van der Waals surface area (Å²) in [5.74, 6) is -1.19. The maximum absolute atomic E-state index is 13.3. The number of hydrogen-bond acceptors (Lipinski definition) is 5. The minimum atomic E-state index is -0.621. The number of morpholine rings is 1. The monoisotopic (exact) mass is 296 g/mol. The highest BCUT2D eigenvalue weighted by atomic mass is 19.1. The third-order valence-electron chi connectivity index (χ3n) is 3.54. The molecule has 0 spiro atoms. The highest BCUT2D eigenvalue weighted by molar-refractivity contribution is 5.89.